The number of benzene rings is 5. The maximum Gasteiger partial charge on any atom is 0.160 e. The Bertz CT molecular complexity index is 2070. The van der Waals surface area contributed by atoms with Gasteiger partial charge in [-0.3, -0.25) is 0 Å². The van der Waals surface area contributed by atoms with Gasteiger partial charge >= 0.3 is 0 Å². The predicted octanol–water partition coefficient (Wildman–Crippen LogP) is 11.5. The van der Waals surface area contributed by atoms with Crippen LogP contribution in [0.4, 0.5) is 0 Å². The molecule has 1 heterocycles. The van der Waals surface area contributed by atoms with Gasteiger partial charge in [0.15, 0.2) is 5.82 Å². The fourth-order valence-electron chi connectivity index (χ4n) is 6.54. The largest absolute Gasteiger partial charge is 0.228 e. The highest BCUT2D eigenvalue weighted by Gasteiger charge is 2.36. The quantitative estimate of drug-likeness (QED) is 0.172. The number of hydrogen-bond donors (Lipinski definition) is 0. The molecule has 0 fully saturated rings. The molecule has 0 unspecified atom stereocenters. The highest BCUT2D eigenvalue weighted by atomic mass is 14.9. The average Bonchev–Trinajstić information content (AvgIpc) is 3.32. The molecule has 2 heteroatoms. The first-order valence-electron chi connectivity index (χ1n) is 15.8. The third kappa shape index (κ3) is 5.33. The molecule has 0 spiro atoms. The van der Waals surface area contributed by atoms with Crippen LogP contribution >= 0.6 is 0 Å². The Morgan fingerprint density at radius 1 is 0.587 bits per heavy atom. The van der Waals surface area contributed by atoms with Crippen molar-refractivity contribution in [1.82, 2.24) is 9.97 Å². The summed E-state index contributed by atoms with van der Waals surface area (Å²) in [7, 11) is 0. The lowest BCUT2D eigenvalue weighted by molar-refractivity contribution is 0.639. The van der Waals surface area contributed by atoms with Gasteiger partial charge in [0.1, 0.15) is 0 Å². The zero-order valence-corrected chi connectivity index (χ0v) is 26.5. The standard InChI is InChI=1S/C44H36N2/c1-5-16-37(42-30(2)44(3,4)39-26-13-12-25-38(39)42)35-23-14-21-33(27-35)34-22-15-24-36(28-34)41-29-40(31-17-8-6-9-18-31)45-43(46-41)32-19-10-7-11-20-32/h5-29H,1H2,2-4H3/b37-16-. The van der Waals surface area contributed by atoms with E-state index in [2.05, 4.69) is 137 Å². The maximum absolute atomic E-state index is 5.06. The number of rotatable bonds is 7. The van der Waals surface area contributed by atoms with Gasteiger partial charge in [0.25, 0.3) is 0 Å². The van der Waals surface area contributed by atoms with Crippen LogP contribution in [0.5, 0.6) is 0 Å². The number of allylic oxidation sites excluding steroid dienone is 5. The van der Waals surface area contributed by atoms with Crippen LogP contribution in [-0.4, -0.2) is 9.97 Å². The molecule has 0 atom stereocenters. The Hall–Kier alpha value is -5.60. The second-order valence-corrected chi connectivity index (χ2v) is 12.3. The lowest BCUT2D eigenvalue weighted by Gasteiger charge is -2.22. The van der Waals surface area contributed by atoms with E-state index in [0.717, 1.165) is 39.2 Å². The van der Waals surface area contributed by atoms with Gasteiger partial charge in [-0.15, -0.1) is 0 Å². The van der Waals surface area contributed by atoms with E-state index in [1.807, 2.05) is 42.5 Å². The summed E-state index contributed by atoms with van der Waals surface area (Å²) in [5, 5.41) is 0. The van der Waals surface area contributed by atoms with E-state index in [0.29, 0.717) is 5.82 Å². The van der Waals surface area contributed by atoms with Crippen molar-refractivity contribution in [3.63, 3.8) is 0 Å². The Labute approximate surface area is 272 Å². The SMILES string of the molecule is C=C/C=C(\C1=C(C)C(C)(C)c2ccccc21)c1cccc(-c2cccc(-c3cc(-c4ccccc4)nc(-c4ccccc4)n3)c2)c1. The lowest BCUT2D eigenvalue weighted by Crippen LogP contribution is -2.15. The van der Waals surface area contributed by atoms with Gasteiger partial charge in [0, 0.05) is 22.1 Å². The minimum atomic E-state index is -0.0348. The first-order valence-corrected chi connectivity index (χ1v) is 15.8. The first kappa shape index (κ1) is 29.1. The van der Waals surface area contributed by atoms with E-state index in [1.165, 1.54) is 33.4 Å². The van der Waals surface area contributed by atoms with E-state index in [9.17, 15) is 0 Å². The summed E-state index contributed by atoms with van der Waals surface area (Å²) in [4.78, 5) is 10.0. The first-order chi connectivity index (χ1) is 22.4. The maximum atomic E-state index is 5.06. The second kappa shape index (κ2) is 12.1. The van der Waals surface area contributed by atoms with Crippen LogP contribution in [0.25, 0.3) is 56.2 Å². The summed E-state index contributed by atoms with van der Waals surface area (Å²) < 4.78 is 0. The van der Waals surface area contributed by atoms with Crippen molar-refractivity contribution in [2.24, 2.45) is 0 Å². The minimum absolute atomic E-state index is 0.0348. The van der Waals surface area contributed by atoms with Crippen LogP contribution < -0.4 is 0 Å². The predicted molar refractivity (Wildman–Crippen MR) is 194 cm³/mol. The van der Waals surface area contributed by atoms with Gasteiger partial charge in [-0.2, -0.15) is 0 Å². The van der Waals surface area contributed by atoms with E-state index < -0.39 is 0 Å². The topological polar surface area (TPSA) is 25.8 Å². The molecule has 5 aromatic carbocycles. The lowest BCUT2D eigenvalue weighted by atomic mass is 9.82. The molecule has 6 aromatic rings. The molecule has 1 aliphatic rings. The molecule has 0 aliphatic heterocycles. The summed E-state index contributed by atoms with van der Waals surface area (Å²) in [6.45, 7) is 11.0. The summed E-state index contributed by atoms with van der Waals surface area (Å²) in [5.41, 5.74) is 14.9. The second-order valence-electron chi connectivity index (χ2n) is 12.3. The summed E-state index contributed by atoms with van der Waals surface area (Å²) in [6.07, 6.45) is 4.06. The minimum Gasteiger partial charge on any atom is -0.228 e. The normalized spacial score (nSPS) is 13.8. The molecule has 0 bridgehead atoms. The number of fused-ring (bicyclic) bond motifs is 1. The Kier molecular flexibility index (Phi) is 7.64. The van der Waals surface area contributed by atoms with Crippen molar-refractivity contribution >= 4 is 11.1 Å². The zero-order valence-electron chi connectivity index (χ0n) is 26.5. The van der Waals surface area contributed by atoms with E-state index in [1.54, 1.807) is 0 Å². The van der Waals surface area contributed by atoms with Crippen molar-refractivity contribution in [3.8, 4) is 45.0 Å². The molecule has 1 aromatic heterocycles. The van der Waals surface area contributed by atoms with Gasteiger partial charge < -0.3 is 0 Å². The van der Waals surface area contributed by atoms with Gasteiger partial charge in [-0.1, -0.05) is 159 Å². The molecule has 2 nitrogen and oxygen atoms in total. The summed E-state index contributed by atoms with van der Waals surface area (Å²) in [6, 6.07) is 48.9. The molecular formula is C44H36N2. The fourth-order valence-corrected chi connectivity index (χ4v) is 6.54. The van der Waals surface area contributed by atoms with Gasteiger partial charge in [0.2, 0.25) is 0 Å². The number of hydrogen-bond acceptors (Lipinski definition) is 2. The van der Waals surface area contributed by atoms with E-state index in [-0.39, 0.29) is 5.41 Å². The average molecular weight is 593 g/mol. The van der Waals surface area contributed by atoms with Crippen LogP contribution in [-0.2, 0) is 5.41 Å². The van der Waals surface area contributed by atoms with Crippen molar-refractivity contribution in [2.45, 2.75) is 26.2 Å². The zero-order chi connectivity index (χ0) is 31.7. The third-order valence-corrected chi connectivity index (χ3v) is 9.23. The Balaban J connectivity index is 1.31. The molecular weight excluding hydrogens is 556 g/mol. The van der Waals surface area contributed by atoms with Crippen LogP contribution in [0.15, 0.2) is 164 Å². The van der Waals surface area contributed by atoms with Crippen LogP contribution in [0, 0.1) is 0 Å². The van der Waals surface area contributed by atoms with Crippen LogP contribution in [0.1, 0.15) is 37.5 Å². The Morgan fingerprint density at radius 3 is 1.87 bits per heavy atom. The summed E-state index contributed by atoms with van der Waals surface area (Å²) >= 11 is 0. The van der Waals surface area contributed by atoms with Crippen molar-refractivity contribution in [2.75, 3.05) is 0 Å². The van der Waals surface area contributed by atoms with Gasteiger partial charge in [-0.25, -0.2) is 9.97 Å². The molecule has 0 saturated heterocycles. The van der Waals surface area contributed by atoms with Crippen LogP contribution in [0.2, 0.25) is 0 Å². The summed E-state index contributed by atoms with van der Waals surface area (Å²) in [5.74, 6) is 0.715. The monoisotopic (exact) mass is 592 g/mol. The molecule has 222 valence electrons. The van der Waals surface area contributed by atoms with E-state index >= 15 is 0 Å². The third-order valence-electron chi connectivity index (χ3n) is 9.23. The molecule has 0 saturated carbocycles. The Morgan fingerprint density at radius 2 is 1.15 bits per heavy atom. The van der Waals surface area contributed by atoms with E-state index in [4.69, 9.17) is 9.97 Å². The fraction of sp³-hybridized carbons (Fsp3) is 0.0909. The number of aromatic nitrogens is 2. The molecule has 7 rings (SSSR count). The van der Waals surface area contributed by atoms with Gasteiger partial charge in [0.05, 0.1) is 11.4 Å². The molecule has 1 aliphatic carbocycles. The number of nitrogens with zero attached hydrogens (tertiary/aromatic N) is 2. The molecule has 0 N–H and O–H groups in total. The molecule has 46 heavy (non-hydrogen) atoms. The van der Waals surface area contributed by atoms with Crippen molar-refractivity contribution in [1.29, 1.82) is 0 Å². The van der Waals surface area contributed by atoms with Gasteiger partial charge in [-0.05, 0) is 64.1 Å². The van der Waals surface area contributed by atoms with Crippen LogP contribution in [0.3, 0.4) is 0 Å². The smallest absolute Gasteiger partial charge is 0.160 e. The van der Waals surface area contributed by atoms with Crippen molar-refractivity contribution < 1.29 is 0 Å². The highest BCUT2D eigenvalue weighted by molar-refractivity contribution is 6.10. The highest BCUT2D eigenvalue weighted by Crippen LogP contribution is 2.50. The van der Waals surface area contributed by atoms with Crippen molar-refractivity contribution in [3.05, 3.63) is 181 Å². The molecule has 0 radical (unpaired) electrons. The molecule has 0 amide bonds.